The van der Waals surface area contributed by atoms with E-state index >= 15 is 0 Å². The van der Waals surface area contributed by atoms with Gasteiger partial charge in [0.2, 0.25) is 0 Å². The molecular formula is C20H22N2O4. The quantitative estimate of drug-likeness (QED) is 0.847. The summed E-state index contributed by atoms with van der Waals surface area (Å²) in [7, 11) is 0. The number of rotatable bonds is 3. The zero-order valence-corrected chi connectivity index (χ0v) is 14.9. The highest BCUT2D eigenvalue weighted by molar-refractivity contribution is 6.05. The van der Waals surface area contributed by atoms with Gasteiger partial charge in [-0.1, -0.05) is 36.4 Å². The molecule has 2 aliphatic heterocycles. The van der Waals surface area contributed by atoms with Crippen LogP contribution in [-0.2, 0) is 4.74 Å². The summed E-state index contributed by atoms with van der Waals surface area (Å²) in [5.41, 5.74) is 2.51. The van der Waals surface area contributed by atoms with Gasteiger partial charge >= 0.3 is 6.09 Å². The van der Waals surface area contributed by atoms with Crippen LogP contribution in [0.3, 0.4) is 0 Å². The third-order valence-corrected chi connectivity index (χ3v) is 4.49. The van der Waals surface area contributed by atoms with Crippen molar-refractivity contribution in [3.63, 3.8) is 0 Å². The fourth-order valence-electron chi connectivity index (χ4n) is 3.34. The third-order valence-electron chi connectivity index (χ3n) is 4.49. The number of amides is 2. The lowest BCUT2D eigenvalue weighted by atomic mass is 10.1. The molecule has 2 heterocycles. The van der Waals surface area contributed by atoms with Crippen LogP contribution in [0.15, 0.2) is 54.8 Å². The Balaban J connectivity index is 2.10. The number of aliphatic hydroxyl groups excluding tert-OH is 1. The van der Waals surface area contributed by atoms with Crippen LogP contribution < -0.4 is 4.90 Å². The normalized spacial score (nSPS) is 22.0. The van der Waals surface area contributed by atoms with E-state index < -0.39 is 18.4 Å². The number of allylic oxidation sites excluding steroid dienone is 2. The second-order valence-electron chi connectivity index (χ2n) is 6.36. The van der Waals surface area contributed by atoms with Crippen molar-refractivity contribution in [1.82, 2.24) is 4.90 Å². The van der Waals surface area contributed by atoms with Gasteiger partial charge in [0.25, 0.3) is 5.91 Å². The molecule has 2 amide bonds. The van der Waals surface area contributed by atoms with Gasteiger partial charge in [0, 0.05) is 6.20 Å². The number of aliphatic hydroxyl groups is 1. The van der Waals surface area contributed by atoms with E-state index in [1.54, 1.807) is 24.4 Å². The minimum Gasteiger partial charge on any atom is -0.445 e. The molecule has 6 heteroatoms. The molecule has 0 aromatic heterocycles. The lowest BCUT2D eigenvalue weighted by Crippen LogP contribution is -2.50. The molecule has 0 saturated heterocycles. The first-order valence-corrected chi connectivity index (χ1v) is 8.49. The Hall–Kier alpha value is -2.86. The molecule has 2 aliphatic rings. The summed E-state index contributed by atoms with van der Waals surface area (Å²) >= 11 is 0. The number of fused-ring (bicyclic) bond motifs is 2. The number of hydrogen-bond donors (Lipinski definition) is 1. The summed E-state index contributed by atoms with van der Waals surface area (Å²) in [6, 6.07) is 4.61. The summed E-state index contributed by atoms with van der Waals surface area (Å²) in [5.74, 6) is -0.244. The van der Waals surface area contributed by atoms with Crippen LogP contribution in [0.25, 0.3) is 0 Å². The Kier molecular flexibility index (Phi) is 4.95. The van der Waals surface area contributed by atoms with E-state index in [0.717, 1.165) is 16.0 Å². The number of benzene rings is 1. The van der Waals surface area contributed by atoms with E-state index in [9.17, 15) is 14.7 Å². The molecule has 26 heavy (non-hydrogen) atoms. The number of ether oxygens (including phenoxy) is 1. The van der Waals surface area contributed by atoms with Gasteiger partial charge in [0.15, 0.2) is 6.23 Å². The van der Waals surface area contributed by atoms with Crippen LogP contribution in [0.1, 0.15) is 29.3 Å². The smallest absolute Gasteiger partial charge is 0.416 e. The minimum absolute atomic E-state index is 0.0215. The molecule has 0 saturated carbocycles. The van der Waals surface area contributed by atoms with Gasteiger partial charge in [-0.05, 0) is 38.0 Å². The Bertz CT molecular complexity index is 812. The van der Waals surface area contributed by atoms with Gasteiger partial charge in [-0.2, -0.15) is 0 Å². The van der Waals surface area contributed by atoms with Gasteiger partial charge in [-0.15, -0.1) is 0 Å². The minimum atomic E-state index is -1.22. The molecule has 0 radical (unpaired) electrons. The molecule has 0 aliphatic carbocycles. The number of hydrogen-bond acceptors (Lipinski definition) is 4. The average molecular weight is 354 g/mol. The summed E-state index contributed by atoms with van der Waals surface area (Å²) in [5, 5.41) is 11.0. The second kappa shape index (κ2) is 7.17. The van der Waals surface area contributed by atoms with Crippen molar-refractivity contribution in [2.75, 3.05) is 11.5 Å². The van der Waals surface area contributed by atoms with Crippen LogP contribution >= 0.6 is 0 Å². The van der Waals surface area contributed by atoms with Crippen molar-refractivity contribution in [3.8, 4) is 0 Å². The maximum Gasteiger partial charge on any atom is 0.416 e. The molecule has 3 rings (SSSR count). The van der Waals surface area contributed by atoms with Crippen molar-refractivity contribution in [1.29, 1.82) is 0 Å². The monoisotopic (exact) mass is 354 g/mol. The van der Waals surface area contributed by atoms with Crippen molar-refractivity contribution in [3.05, 3.63) is 65.9 Å². The van der Waals surface area contributed by atoms with Crippen LogP contribution in [0.5, 0.6) is 0 Å². The number of anilines is 1. The van der Waals surface area contributed by atoms with E-state index in [-0.39, 0.29) is 12.5 Å². The molecule has 6 nitrogen and oxygen atoms in total. The lowest BCUT2D eigenvalue weighted by Gasteiger charge is -2.31. The van der Waals surface area contributed by atoms with E-state index in [2.05, 4.69) is 6.58 Å². The maximum absolute atomic E-state index is 13.1. The average Bonchev–Trinajstić information content (AvgIpc) is 3.01. The van der Waals surface area contributed by atoms with Crippen molar-refractivity contribution in [2.24, 2.45) is 0 Å². The Morgan fingerprint density at radius 1 is 1.46 bits per heavy atom. The summed E-state index contributed by atoms with van der Waals surface area (Å²) < 4.78 is 5.15. The zero-order valence-electron chi connectivity index (χ0n) is 14.9. The second-order valence-corrected chi connectivity index (χ2v) is 6.36. The SMILES string of the molecule is C=CCOC(=O)N1c2ccc(C)cc2C(=O)N2C=C(/C=C/C)C[C@H]2[C@@H]1O. The molecule has 1 N–H and O–H groups in total. The molecule has 0 spiro atoms. The number of carbonyl (C=O) groups is 2. The van der Waals surface area contributed by atoms with E-state index in [4.69, 9.17) is 4.74 Å². The van der Waals surface area contributed by atoms with Gasteiger partial charge in [0.05, 0.1) is 17.3 Å². The first-order valence-electron chi connectivity index (χ1n) is 8.49. The molecule has 1 aromatic rings. The van der Waals surface area contributed by atoms with Gasteiger partial charge in [0.1, 0.15) is 6.61 Å². The summed E-state index contributed by atoms with van der Waals surface area (Å²) in [6.45, 7) is 7.31. The molecule has 2 atom stereocenters. The van der Waals surface area contributed by atoms with Gasteiger partial charge < -0.3 is 14.7 Å². The fourth-order valence-corrected chi connectivity index (χ4v) is 3.34. The number of carbonyl (C=O) groups excluding carboxylic acids is 2. The highest BCUT2D eigenvalue weighted by Crippen LogP contribution is 2.36. The predicted molar refractivity (Wildman–Crippen MR) is 98.7 cm³/mol. The first-order chi connectivity index (χ1) is 12.5. The molecular weight excluding hydrogens is 332 g/mol. The Labute approximate surface area is 152 Å². The van der Waals surface area contributed by atoms with Crippen molar-refractivity contribution >= 4 is 17.7 Å². The summed E-state index contributed by atoms with van der Waals surface area (Å²) in [4.78, 5) is 28.4. The highest BCUT2D eigenvalue weighted by Gasteiger charge is 2.44. The molecule has 1 aromatic carbocycles. The highest BCUT2D eigenvalue weighted by atomic mass is 16.6. The topological polar surface area (TPSA) is 70.1 Å². The van der Waals surface area contributed by atoms with Gasteiger partial charge in [-0.25, -0.2) is 9.69 Å². The summed E-state index contributed by atoms with van der Waals surface area (Å²) in [6.07, 6.45) is 5.48. The van der Waals surface area contributed by atoms with E-state index in [0.29, 0.717) is 17.7 Å². The van der Waals surface area contributed by atoms with Crippen molar-refractivity contribution < 1.29 is 19.4 Å². The van der Waals surface area contributed by atoms with E-state index in [1.807, 2.05) is 26.0 Å². The standard InChI is InChI=1S/C20H22N2O4/c1-4-6-14-11-17-19(24)22(20(25)26-9-5-2)16-8-7-13(3)10-15(16)18(23)21(17)12-14/h4-8,10,12,17,19,24H,2,9,11H2,1,3H3/b6-4+/t17-,19-/m0/s1. The van der Waals surface area contributed by atoms with Crippen LogP contribution in [0.2, 0.25) is 0 Å². The lowest BCUT2D eigenvalue weighted by molar-refractivity contribution is 0.0557. The van der Waals surface area contributed by atoms with Crippen molar-refractivity contribution in [2.45, 2.75) is 32.5 Å². The van der Waals surface area contributed by atoms with Crippen LogP contribution in [-0.4, -0.2) is 40.9 Å². The molecule has 136 valence electrons. The maximum atomic E-state index is 13.1. The Morgan fingerprint density at radius 3 is 2.92 bits per heavy atom. The largest absolute Gasteiger partial charge is 0.445 e. The Morgan fingerprint density at radius 2 is 2.23 bits per heavy atom. The van der Waals surface area contributed by atoms with E-state index in [1.165, 1.54) is 11.0 Å². The zero-order chi connectivity index (χ0) is 18.8. The molecule has 0 fully saturated rings. The molecule has 0 bridgehead atoms. The van der Waals surface area contributed by atoms with Gasteiger partial charge in [-0.3, -0.25) is 4.79 Å². The first kappa shape index (κ1) is 17.9. The van der Waals surface area contributed by atoms with Crippen LogP contribution in [0, 0.1) is 6.92 Å². The predicted octanol–water partition coefficient (Wildman–Crippen LogP) is 3.13. The number of aryl methyl sites for hydroxylation is 1. The third kappa shape index (κ3) is 3.04. The molecule has 0 unspecified atom stereocenters. The number of nitrogens with zero attached hydrogens (tertiary/aromatic N) is 2. The van der Waals surface area contributed by atoms with Crippen LogP contribution in [0.4, 0.5) is 10.5 Å². The fraction of sp³-hybridized carbons (Fsp3) is 0.300.